The van der Waals surface area contributed by atoms with E-state index in [4.69, 9.17) is 18.9 Å². The third kappa shape index (κ3) is 17.5. The van der Waals surface area contributed by atoms with Gasteiger partial charge in [-0.15, -0.1) is 0 Å². The highest BCUT2D eigenvalue weighted by Crippen LogP contribution is 2.44. The van der Waals surface area contributed by atoms with E-state index in [1.54, 1.807) is 0 Å². The SMILES string of the molecule is CCCCCCCCOc1cc(OCCCCCCCC)cc(-c2c(CO)c(CO)cc3cc4c(-c5cc(OCCCCCCCC)cc(OCCCCCCCC)c5)c(CO)c(CO)cc4cc23)c1. The number of aliphatic hydroxyl groups is 4. The number of ether oxygens (including phenoxy) is 4. The number of hydrogen-bond acceptors (Lipinski definition) is 8. The molecule has 5 aromatic rings. The summed E-state index contributed by atoms with van der Waals surface area (Å²) in [5.41, 5.74) is 5.80. The Labute approximate surface area is 422 Å². The second-order valence-corrected chi connectivity index (χ2v) is 19.6. The van der Waals surface area contributed by atoms with E-state index in [9.17, 15) is 20.4 Å². The molecule has 386 valence electrons. The van der Waals surface area contributed by atoms with E-state index in [-0.39, 0.29) is 26.4 Å². The van der Waals surface area contributed by atoms with Crippen LogP contribution in [0.15, 0.2) is 60.7 Å². The highest BCUT2D eigenvalue weighted by molar-refractivity contribution is 6.11. The van der Waals surface area contributed by atoms with Gasteiger partial charge in [-0.3, -0.25) is 0 Å². The summed E-state index contributed by atoms with van der Waals surface area (Å²) in [5.74, 6) is 2.84. The van der Waals surface area contributed by atoms with E-state index in [2.05, 4.69) is 39.8 Å². The maximum absolute atomic E-state index is 11.1. The molecule has 5 rings (SSSR count). The molecule has 0 aliphatic rings. The van der Waals surface area contributed by atoms with Gasteiger partial charge in [0.2, 0.25) is 0 Å². The van der Waals surface area contributed by atoms with Crippen molar-refractivity contribution in [1.82, 2.24) is 0 Å². The van der Waals surface area contributed by atoms with Crippen LogP contribution in [0.4, 0.5) is 0 Å². The largest absolute Gasteiger partial charge is 0.493 e. The molecule has 0 saturated carbocycles. The van der Waals surface area contributed by atoms with E-state index in [1.807, 2.05) is 48.5 Å². The van der Waals surface area contributed by atoms with Gasteiger partial charge >= 0.3 is 0 Å². The first-order valence-corrected chi connectivity index (χ1v) is 27.8. The van der Waals surface area contributed by atoms with Gasteiger partial charge in [0, 0.05) is 12.1 Å². The van der Waals surface area contributed by atoms with Crippen molar-refractivity contribution in [3.8, 4) is 45.3 Å². The summed E-state index contributed by atoms with van der Waals surface area (Å²) in [7, 11) is 0. The zero-order chi connectivity index (χ0) is 49.8. The smallest absolute Gasteiger partial charge is 0.123 e. The summed E-state index contributed by atoms with van der Waals surface area (Å²) in [4.78, 5) is 0. The zero-order valence-electron chi connectivity index (χ0n) is 43.8. The van der Waals surface area contributed by atoms with Crippen molar-refractivity contribution in [3.63, 3.8) is 0 Å². The lowest BCUT2D eigenvalue weighted by Crippen LogP contribution is -2.04. The molecule has 0 aliphatic heterocycles. The quantitative estimate of drug-likeness (QED) is 0.0228. The summed E-state index contributed by atoms with van der Waals surface area (Å²) < 4.78 is 25.9. The van der Waals surface area contributed by atoms with Crippen LogP contribution in [0.25, 0.3) is 43.8 Å². The lowest BCUT2D eigenvalue weighted by atomic mass is 9.85. The molecule has 0 amide bonds. The summed E-state index contributed by atoms with van der Waals surface area (Å²) in [6.45, 7) is 10.2. The molecule has 0 unspecified atom stereocenters. The van der Waals surface area contributed by atoms with Crippen molar-refractivity contribution in [1.29, 1.82) is 0 Å². The Hall–Kier alpha value is -4.34. The van der Waals surface area contributed by atoms with E-state index in [0.717, 1.165) is 95.2 Å². The van der Waals surface area contributed by atoms with Gasteiger partial charge in [-0.05, 0) is 140 Å². The molecule has 0 fully saturated rings. The fourth-order valence-electron chi connectivity index (χ4n) is 9.86. The molecule has 0 atom stereocenters. The van der Waals surface area contributed by atoms with Crippen molar-refractivity contribution in [2.45, 2.75) is 208 Å². The van der Waals surface area contributed by atoms with Crippen molar-refractivity contribution in [2.75, 3.05) is 26.4 Å². The molecule has 0 bridgehead atoms. The average molecular weight is 963 g/mol. The summed E-state index contributed by atoms with van der Waals surface area (Å²) in [5, 5.41) is 47.6. The second kappa shape index (κ2) is 32.6. The minimum atomic E-state index is -0.278. The molecular formula is C62H90O8. The number of aliphatic hydroxyl groups excluding tert-OH is 4. The lowest BCUT2D eigenvalue weighted by Gasteiger charge is -2.21. The maximum Gasteiger partial charge on any atom is 0.123 e. The van der Waals surface area contributed by atoms with E-state index >= 15 is 0 Å². The molecule has 0 aliphatic carbocycles. The van der Waals surface area contributed by atoms with Gasteiger partial charge in [0.25, 0.3) is 0 Å². The number of rotatable bonds is 38. The van der Waals surface area contributed by atoms with Crippen molar-refractivity contribution in [2.24, 2.45) is 0 Å². The van der Waals surface area contributed by atoms with E-state index in [0.29, 0.717) is 71.7 Å². The number of benzene rings is 5. The summed E-state index contributed by atoms with van der Waals surface area (Å²) in [6, 6.07) is 20.3. The van der Waals surface area contributed by atoms with Crippen LogP contribution in [0.5, 0.6) is 23.0 Å². The van der Waals surface area contributed by atoms with Crippen LogP contribution in [-0.4, -0.2) is 46.9 Å². The molecule has 0 radical (unpaired) electrons. The Bertz CT molecular complexity index is 2030. The number of fused-ring (bicyclic) bond motifs is 2. The highest BCUT2D eigenvalue weighted by atomic mass is 16.5. The van der Waals surface area contributed by atoms with Crippen LogP contribution >= 0.6 is 0 Å². The van der Waals surface area contributed by atoms with E-state index in [1.165, 1.54) is 103 Å². The summed E-state index contributed by atoms with van der Waals surface area (Å²) in [6.07, 6.45) is 28.0. The third-order valence-electron chi connectivity index (χ3n) is 13.9. The maximum atomic E-state index is 11.1. The summed E-state index contributed by atoms with van der Waals surface area (Å²) >= 11 is 0. The molecular weight excluding hydrogens is 873 g/mol. The van der Waals surface area contributed by atoms with Gasteiger partial charge in [-0.25, -0.2) is 0 Å². The Kier molecular flexibility index (Phi) is 26.3. The van der Waals surface area contributed by atoms with Gasteiger partial charge in [-0.1, -0.05) is 156 Å². The van der Waals surface area contributed by atoms with Crippen molar-refractivity contribution in [3.05, 3.63) is 82.9 Å². The molecule has 8 nitrogen and oxygen atoms in total. The van der Waals surface area contributed by atoms with Gasteiger partial charge in [-0.2, -0.15) is 0 Å². The first kappa shape index (κ1) is 56.6. The normalized spacial score (nSPS) is 11.5. The minimum Gasteiger partial charge on any atom is -0.493 e. The monoisotopic (exact) mass is 963 g/mol. The van der Waals surface area contributed by atoms with Crippen LogP contribution in [0, 0.1) is 0 Å². The van der Waals surface area contributed by atoms with Crippen LogP contribution in [-0.2, 0) is 26.4 Å². The van der Waals surface area contributed by atoms with Gasteiger partial charge in [0.05, 0.1) is 52.9 Å². The minimum absolute atomic E-state index is 0.262. The third-order valence-corrected chi connectivity index (χ3v) is 13.9. The van der Waals surface area contributed by atoms with Crippen molar-refractivity contribution < 1.29 is 39.4 Å². The molecule has 8 heteroatoms. The molecule has 0 aromatic heterocycles. The Morgan fingerprint density at radius 2 is 0.571 bits per heavy atom. The van der Waals surface area contributed by atoms with Crippen molar-refractivity contribution >= 4 is 21.5 Å². The predicted molar refractivity (Wildman–Crippen MR) is 292 cm³/mol. The average Bonchev–Trinajstić information content (AvgIpc) is 3.37. The van der Waals surface area contributed by atoms with Crippen LogP contribution in [0.2, 0.25) is 0 Å². The molecule has 5 aromatic carbocycles. The lowest BCUT2D eigenvalue weighted by molar-refractivity contribution is 0.260. The predicted octanol–water partition coefficient (Wildman–Crippen LogP) is 16.3. The van der Waals surface area contributed by atoms with Gasteiger partial charge < -0.3 is 39.4 Å². The highest BCUT2D eigenvalue weighted by Gasteiger charge is 2.22. The van der Waals surface area contributed by atoms with Gasteiger partial charge in [0.15, 0.2) is 0 Å². The van der Waals surface area contributed by atoms with Gasteiger partial charge in [0.1, 0.15) is 23.0 Å². The fraction of sp³-hybridized carbons (Fsp3) is 0.581. The van der Waals surface area contributed by atoms with Crippen LogP contribution in [0.1, 0.15) is 204 Å². The van der Waals surface area contributed by atoms with E-state index < -0.39 is 0 Å². The molecule has 70 heavy (non-hydrogen) atoms. The first-order chi connectivity index (χ1) is 34.4. The molecule has 0 saturated heterocycles. The Morgan fingerprint density at radius 1 is 0.300 bits per heavy atom. The molecule has 0 heterocycles. The second-order valence-electron chi connectivity index (χ2n) is 19.6. The number of hydrogen-bond donors (Lipinski definition) is 4. The van der Waals surface area contributed by atoms with Crippen LogP contribution in [0.3, 0.4) is 0 Å². The standard InChI is InChI=1S/C62H90O8/c1-5-9-13-17-21-25-29-67-53-35-49(36-54(41-53)68-30-26-22-18-14-10-6-2)61-57-39-48-34-52(44-64)60(46-66)62(58(48)40-47(57)33-51(43-63)59(61)45-65)50-37-55(69-31-27-23-19-15-11-7-3)42-56(38-50)70-32-28-24-20-16-12-8-4/h33-42,63-66H,5-32,43-46H2,1-4H3. The Morgan fingerprint density at radius 3 is 0.829 bits per heavy atom. The van der Waals surface area contributed by atoms with Crippen LogP contribution < -0.4 is 18.9 Å². The zero-order valence-corrected chi connectivity index (χ0v) is 43.8. The molecule has 4 N–H and O–H groups in total. The fourth-order valence-corrected chi connectivity index (χ4v) is 9.86. The topological polar surface area (TPSA) is 118 Å². The molecule has 0 spiro atoms. The first-order valence-electron chi connectivity index (χ1n) is 27.8. The Balaban J connectivity index is 1.62. The number of unbranched alkanes of at least 4 members (excludes halogenated alkanes) is 20.